The van der Waals surface area contributed by atoms with Crippen molar-refractivity contribution in [2.45, 2.75) is 25.5 Å². The average Bonchev–Trinajstić information content (AvgIpc) is 2.29. The van der Waals surface area contributed by atoms with Crippen LogP contribution in [0, 0.1) is 0 Å². The second-order valence-corrected chi connectivity index (χ2v) is 4.57. The molecule has 1 aromatic rings. The zero-order chi connectivity index (χ0) is 12.9. The van der Waals surface area contributed by atoms with E-state index in [9.17, 15) is 4.79 Å². The highest BCUT2D eigenvalue weighted by molar-refractivity contribution is 5.85. The van der Waals surface area contributed by atoms with Crippen LogP contribution in [0.5, 0.6) is 0 Å². The van der Waals surface area contributed by atoms with Gasteiger partial charge in [0.05, 0.1) is 11.6 Å². The molecule has 0 heterocycles. The predicted octanol–water partition coefficient (Wildman–Crippen LogP) is 1.23. The van der Waals surface area contributed by atoms with Crippen LogP contribution in [-0.4, -0.2) is 25.1 Å². The van der Waals surface area contributed by atoms with Gasteiger partial charge < -0.3 is 15.8 Å². The lowest BCUT2D eigenvalue weighted by molar-refractivity contribution is -0.125. The molecule has 0 bridgehead atoms. The number of nitrogens with one attached hydrogen (secondary N) is 1. The monoisotopic (exact) mass is 236 g/mol. The number of ether oxygens (including phenoxy) is 1. The van der Waals surface area contributed by atoms with Gasteiger partial charge >= 0.3 is 0 Å². The molecule has 1 unspecified atom stereocenters. The fraction of sp³-hybridized carbons (Fsp3) is 0.462. The summed E-state index contributed by atoms with van der Waals surface area (Å²) in [6.45, 7) is 3.76. The molecule has 1 atom stereocenters. The summed E-state index contributed by atoms with van der Waals surface area (Å²) in [5.74, 6) is -0.185. The first-order valence-corrected chi connectivity index (χ1v) is 5.60. The molecule has 4 nitrogen and oxygen atoms in total. The Kier molecular flexibility index (Phi) is 4.66. The number of carbonyl (C=O) groups excluding carboxylic acids is 1. The number of nitrogens with two attached hydrogens (primary N) is 1. The van der Waals surface area contributed by atoms with E-state index in [1.165, 1.54) is 0 Å². The Balaban J connectivity index is 2.58. The standard InChI is InChI=1S/C13H20N2O2/c1-13(2,14)12(16)15-9-11(17-3)10-7-5-4-6-8-10/h4-8,11H,9,14H2,1-3H3,(H,15,16). The van der Waals surface area contributed by atoms with Crippen LogP contribution in [0.25, 0.3) is 0 Å². The van der Waals surface area contributed by atoms with Gasteiger partial charge in [0.2, 0.25) is 5.91 Å². The molecule has 1 rings (SSSR count). The maximum atomic E-state index is 11.6. The van der Waals surface area contributed by atoms with E-state index in [0.29, 0.717) is 6.54 Å². The number of rotatable bonds is 5. The highest BCUT2D eigenvalue weighted by Gasteiger charge is 2.22. The first kappa shape index (κ1) is 13.7. The number of carbonyl (C=O) groups is 1. The molecule has 1 amide bonds. The average molecular weight is 236 g/mol. The first-order valence-electron chi connectivity index (χ1n) is 5.60. The van der Waals surface area contributed by atoms with Gasteiger partial charge in [0, 0.05) is 13.7 Å². The quantitative estimate of drug-likeness (QED) is 0.808. The van der Waals surface area contributed by atoms with Crippen LogP contribution in [0.15, 0.2) is 30.3 Å². The van der Waals surface area contributed by atoms with Gasteiger partial charge in [-0.2, -0.15) is 0 Å². The highest BCUT2D eigenvalue weighted by Crippen LogP contribution is 2.15. The zero-order valence-electron chi connectivity index (χ0n) is 10.6. The van der Waals surface area contributed by atoms with E-state index >= 15 is 0 Å². The van der Waals surface area contributed by atoms with Crippen molar-refractivity contribution in [2.24, 2.45) is 5.73 Å². The van der Waals surface area contributed by atoms with Crippen LogP contribution in [0.1, 0.15) is 25.5 Å². The third kappa shape index (κ3) is 4.17. The fourth-order valence-corrected chi connectivity index (χ4v) is 1.42. The van der Waals surface area contributed by atoms with E-state index in [-0.39, 0.29) is 12.0 Å². The third-order valence-corrected chi connectivity index (χ3v) is 2.49. The smallest absolute Gasteiger partial charge is 0.239 e. The lowest BCUT2D eigenvalue weighted by Crippen LogP contribution is -2.50. The maximum absolute atomic E-state index is 11.6. The maximum Gasteiger partial charge on any atom is 0.239 e. The van der Waals surface area contributed by atoms with E-state index in [0.717, 1.165) is 5.56 Å². The van der Waals surface area contributed by atoms with Crippen molar-refractivity contribution < 1.29 is 9.53 Å². The Hall–Kier alpha value is -1.39. The summed E-state index contributed by atoms with van der Waals surface area (Å²) in [5, 5.41) is 2.78. The van der Waals surface area contributed by atoms with Gasteiger partial charge in [0.15, 0.2) is 0 Å². The van der Waals surface area contributed by atoms with Crippen molar-refractivity contribution >= 4 is 5.91 Å². The number of hydrogen-bond acceptors (Lipinski definition) is 3. The molecule has 0 fully saturated rings. The van der Waals surface area contributed by atoms with Crippen molar-refractivity contribution in [3.8, 4) is 0 Å². The zero-order valence-corrected chi connectivity index (χ0v) is 10.6. The highest BCUT2D eigenvalue weighted by atomic mass is 16.5. The Labute approximate surface area is 102 Å². The molecule has 3 N–H and O–H groups in total. The normalized spacial score (nSPS) is 13.2. The summed E-state index contributed by atoms with van der Waals surface area (Å²) in [6, 6.07) is 9.76. The number of benzene rings is 1. The molecule has 0 aliphatic rings. The topological polar surface area (TPSA) is 64.3 Å². The van der Waals surface area contributed by atoms with E-state index in [1.54, 1.807) is 21.0 Å². The summed E-state index contributed by atoms with van der Waals surface area (Å²) in [5.41, 5.74) is 5.86. The minimum atomic E-state index is -0.866. The van der Waals surface area contributed by atoms with Gasteiger partial charge in [0.1, 0.15) is 0 Å². The Morgan fingerprint density at radius 3 is 2.47 bits per heavy atom. The summed E-state index contributed by atoms with van der Waals surface area (Å²) in [6.07, 6.45) is -0.150. The van der Waals surface area contributed by atoms with Crippen molar-refractivity contribution in [2.75, 3.05) is 13.7 Å². The van der Waals surface area contributed by atoms with E-state index < -0.39 is 5.54 Å². The molecule has 0 aliphatic carbocycles. The summed E-state index contributed by atoms with van der Waals surface area (Å²) < 4.78 is 5.34. The third-order valence-electron chi connectivity index (χ3n) is 2.49. The molecule has 0 radical (unpaired) electrons. The minimum Gasteiger partial charge on any atom is -0.375 e. The van der Waals surface area contributed by atoms with Crippen molar-refractivity contribution in [1.29, 1.82) is 0 Å². The van der Waals surface area contributed by atoms with Gasteiger partial charge in [-0.25, -0.2) is 0 Å². The van der Waals surface area contributed by atoms with Crippen LogP contribution in [0.2, 0.25) is 0 Å². The second-order valence-electron chi connectivity index (χ2n) is 4.57. The van der Waals surface area contributed by atoms with Gasteiger partial charge in [-0.15, -0.1) is 0 Å². The van der Waals surface area contributed by atoms with Gasteiger partial charge in [-0.05, 0) is 19.4 Å². The SMILES string of the molecule is COC(CNC(=O)C(C)(C)N)c1ccccc1. The number of amides is 1. The molecule has 4 heteroatoms. The summed E-state index contributed by atoms with van der Waals surface area (Å²) in [7, 11) is 1.62. The lowest BCUT2D eigenvalue weighted by atomic mass is 10.1. The second kappa shape index (κ2) is 5.80. The van der Waals surface area contributed by atoms with Gasteiger partial charge in [-0.1, -0.05) is 30.3 Å². The summed E-state index contributed by atoms with van der Waals surface area (Å²) >= 11 is 0. The first-order chi connectivity index (χ1) is 7.95. The number of methoxy groups -OCH3 is 1. The van der Waals surface area contributed by atoms with Crippen LogP contribution in [0.4, 0.5) is 0 Å². The van der Waals surface area contributed by atoms with Gasteiger partial charge in [-0.3, -0.25) is 4.79 Å². The van der Waals surface area contributed by atoms with Crippen LogP contribution in [-0.2, 0) is 9.53 Å². The fourth-order valence-electron chi connectivity index (χ4n) is 1.42. The molecule has 0 aromatic heterocycles. The van der Waals surface area contributed by atoms with E-state index in [1.807, 2.05) is 30.3 Å². The lowest BCUT2D eigenvalue weighted by Gasteiger charge is -2.21. The Morgan fingerprint density at radius 2 is 2.00 bits per heavy atom. The molecule has 94 valence electrons. The Morgan fingerprint density at radius 1 is 1.41 bits per heavy atom. The number of hydrogen-bond donors (Lipinski definition) is 2. The molecule has 17 heavy (non-hydrogen) atoms. The van der Waals surface area contributed by atoms with Gasteiger partial charge in [0.25, 0.3) is 0 Å². The molecule has 0 saturated heterocycles. The minimum absolute atomic E-state index is 0.150. The molecule has 1 aromatic carbocycles. The van der Waals surface area contributed by atoms with Crippen molar-refractivity contribution in [1.82, 2.24) is 5.32 Å². The van der Waals surface area contributed by atoms with Crippen LogP contribution >= 0.6 is 0 Å². The predicted molar refractivity (Wildman–Crippen MR) is 67.5 cm³/mol. The molecule has 0 spiro atoms. The van der Waals surface area contributed by atoms with E-state index in [4.69, 9.17) is 10.5 Å². The van der Waals surface area contributed by atoms with E-state index in [2.05, 4.69) is 5.32 Å². The molecular formula is C13H20N2O2. The summed E-state index contributed by atoms with van der Waals surface area (Å²) in [4.78, 5) is 11.6. The van der Waals surface area contributed by atoms with Crippen molar-refractivity contribution in [3.63, 3.8) is 0 Å². The van der Waals surface area contributed by atoms with Crippen molar-refractivity contribution in [3.05, 3.63) is 35.9 Å². The molecule has 0 aliphatic heterocycles. The molecular weight excluding hydrogens is 216 g/mol. The largest absolute Gasteiger partial charge is 0.375 e. The Bertz CT molecular complexity index is 357. The molecule has 0 saturated carbocycles. The van der Waals surface area contributed by atoms with Crippen LogP contribution < -0.4 is 11.1 Å². The van der Waals surface area contributed by atoms with Crippen LogP contribution in [0.3, 0.4) is 0 Å².